The molecule has 0 aliphatic heterocycles. The molecule has 3 rings (SSSR count). The Morgan fingerprint density at radius 3 is 2.38 bits per heavy atom. The van der Waals surface area contributed by atoms with Crippen molar-refractivity contribution in [3.05, 3.63) is 35.4 Å². The maximum Gasteiger partial charge on any atom is 0.0462 e. The molecule has 0 bridgehead atoms. The Morgan fingerprint density at radius 1 is 1.00 bits per heavy atom. The van der Waals surface area contributed by atoms with Crippen LogP contribution in [0.4, 0.5) is 0 Å². The molecule has 2 saturated carbocycles. The van der Waals surface area contributed by atoms with Crippen LogP contribution in [0, 0.1) is 5.92 Å². The molecule has 2 fully saturated rings. The summed E-state index contributed by atoms with van der Waals surface area (Å²) in [5, 5.41) is 0. The predicted octanol–water partition coefficient (Wildman–Crippen LogP) is 4.82. The lowest BCUT2D eigenvalue weighted by Crippen LogP contribution is -2.30. The van der Waals surface area contributed by atoms with Crippen molar-refractivity contribution in [3.63, 3.8) is 0 Å². The largest absolute Gasteiger partial charge is 0.271 e. The van der Waals surface area contributed by atoms with E-state index in [1.54, 1.807) is 0 Å². The van der Waals surface area contributed by atoms with Gasteiger partial charge >= 0.3 is 0 Å². The number of hydrazine groups is 1. The fourth-order valence-corrected chi connectivity index (χ4v) is 4.00. The molecule has 3 N–H and O–H groups in total. The van der Waals surface area contributed by atoms with Crippen LogP contribution in [0.3, 0.4) is 0 Å². The molecule has 0 heterocycles. The number of rotatable bonds is 5. The van der Waals surface area contributed by atoms with Crippen molar-refractivity contribution in [1.82, 2.24) is 5.43 Å². The van der Waals surface area contributed by atoms with E-state index < -0.39 is 0 Å². The first-order valence-electron chi connectivity index (χ1n) is 8.93. The Labute approximate surface area is 129 Å². The van der Waals surface area contributed by atoms with Crippen LogP contribution < -0.4 is 11.3 Å². The lowest BCUT2D eigenvalue weighted by molar-refractivity contribution is 0.358. The Bertz CT molecular complexity index is 431. The highest BCUT2D eigenvalue weighted by atomic mass is 15.2. The molecule has 0 spiro atoms. The zero-order valence-corrected chi connectivity index (χ0v) is 13.2. The molecule has 0 aromatic heterocycles. The van der Waals surface area contributed by atoms with Crippen molar-refractivity contribution in [2.45, 2.75) is 76.2 Å². The lowest BCUT2D eigenvalue weighted by Gasteiger charge is -2.28. The highest BCUT2D eigenvalue weighted by molar-refractivity contribution is 5.29. The topological polar surface area (TPSA) is 38.0 Å². The molecule has 0 radical (unpaired) electrons. The zero-order valence-electron chi connectivity index (χ0n) is 13.2. The fraction of sp³-hybridized carbons (Fsp3) is 0.684. The summed E-state index contributed by atoms with van der Waals surface area (Å²) in [5.74, 6) is 7.54. The average Bonchev–Trinajstić information content (AvgIpc) is 2.72. The van der Waals surface area contributed by atoms with E-state index in [2.05, 4.69) is 29.7 Å². The van der Waals surface area contributed by atoms with Gasteiger partial charge in [-0.2, -0.15) is 0 Å². The summed E-state index contributed by atoms with van der Waals surface area (Å²) in [5.41, 5.74) is 6.01. The van der Waals surface area contributed by atoms with Crippen LogP contribution in [-0.4, -0.2) is 0 Å². The highest BCUT2D eigenvalue weighted by Gasteiger charge is 2.22. The van der Waals surface area contributed by atoms with Gasteiger partial charge in [0, 0.05) is 6.04 Å². The van der Waals surface area contributed by atoms with Crippen LogP contribution in [0.2, 0.25) is 0 Å². The summed E-state index contributed by atoms with van der Waals surface area (Å²) in [6.07, 6.45) is 13.8. The van der Waals surface area contributed by atoms with Crippen molar-refractivity contribution in [2.75, 3.05) is 0 Å². The Kier molecular flexibility index (Phi) is 5.32. The molecule has 21 heavy (non-hydrogen) atoms. The third-order valence-corrected chi connectivity index (χ3v) is 5.63. The van der Waals surface area contributed by atoms with E-state index in [1.807, 2.05) is 0 Å². The number of benzene rings is 1. The van der Waals surface area contributed by atoms with Gasteiger partial charge in [0.1, 0.15) is 0 Å². The molecule has 2 aliphatic carbocycles. The standard InChI is InChI=1S/C19H30N2/c20-21-19(13-15-7-3-1-2-4-8-15)18-12-6-11-17(14-18)16-9-5-10-16/h6,11-12,14-16,19,21H,1-5,7-10,13,20H2. The van der Waals surface area contributed by atoms with Gasteiger partial charge in [-0.05, 0) is 42.2 Å². The third-order valence-electron chi connectivity index (χ3n) is 5.63. The van der Waals surface area contributed by atoms with Crippen molar-refractivity contribution < 1.29 is 0 Å². The number of hydrogen-bond acceptors (Lipinski definition) is 2. The first-order chi connectivity index (χ1) is 10.4. The summed E-state index contributed by atoms with van der Waals surface area (Å²) < 4.78 is 0. The maximum absolute atomic E-state index is 5.88. The van der Waals surface area contributed by atoms with E-state index >= 15 is 0 Å². The van der Waals surface area contributed by atoms with Crippen molar-refractivity contribution >= 4 is 0 Å². The molecule has 2 aliphatic rings. The van der Waals surface area contributed by atoms with Crippen LogP contribution >= 0.6 is 0 Å². The van der Waals surface area contributed by atoms with Crippen LogP contribution in [0.25, 0.3) is 0 Å². The molecular formula is C19H30N2. The normalized spacial score (nSPS) is 22.5. The Hall–Kier alpha value is -0.860. The number of nitrogens with one attached hydrogen (secondary N) is 1. The van der Waals surface area contributed by atoms with E-state index in [0.717, 1.165) is 11.8 Å². The van der Waals surface area contributed by atoms with Gasteiger partial charge in [-0.1, -0.05) is 69.2 Å². The molecule has 0 amide bonds. The second-order valence-electron chi connectivity index (χ2n) is 7.11. The zero-order chi connectivity index (χ0) is 14.5. The van der Waals surface area contributed by atoms with E-state index in [4.69, 9.17) is 5.84 Å². The first kappa shape index (κ1) is 15.1. The van der Waals surface area contributed by atoms with Gasteiger partial charge in [0.15, 0.2) is 0 Å². The maximum atomic E-state index is 5.88. The van der Waals surface area contributed by atoms with Gasteiger partial charge in [-0.15, -0.1) is 0 Å². The van der Waals surface area contributed by atoms with Gasteiger partial charge in [0.2, 0.25) is 0 Å². The van der Waals surface area contributed by atoms with Crippen LogP contribution in [0.15, 0.2) is 24.3 Å². The van der Waals surface area contributed by atoms with Gasteiger partial charge in [-0.3, -0.25) is 11.3 Å². The quantitative estimate of drug-likeness (QED) is 0.463. The van der Waals surface area contributed by atoms with Crippen molar-refractivity contribution in [2.24, 2.45) is 11.8 Å². The van der Waals surface area contributed by atoms with Gasteiger partial charge in [0.25, 0.3) is 0 Å². The molecule has 1 aromatic carbocycles. The monoisotopic (exact) mass is 286 g/mol. The molecule has 1 unspecified atom stereocenters. The molecule has 0 saturated heterocycles. The molecular weight excluding hydrogens is 256 g/mol. The van der Waals surface area contributed by atoms with E-state index in [0.29, 0.717) is 6.04 Å². The van der Waals surface area contributed by atoms with Crippen molar-refractivity contribution in [3.8, 4) is 0 Å². The average molecular weight is 286 g/mol. The van der Waals surface area contributed by atoms with Crippen LogP contribution in [0.1, 0.15) is 87.3 Å². The van der Waals surface area contributed by atoms with E-state index in [-0.39, 0.29) is 0 Å². The smallest absolute Gasteiger partial charge is 0.0462 e. The van der Waals surface area contributed by atoms with E-state index in [9.17, 15) is 0 Å². The van der Waals surface area contributed by atoms with Gasteiger partial charge in [-0.25, -0.2) is 0 Å². The minimum atomic E-state index is 0.327. The molecule has 1 aromatic rings. The second kappa shape index (κ2) is 7.42. The summed E-state index contributed by atoms with van der Waals surface area (Å²) in [6, 6.07) is 9.51. The van der Waals surface area contributed by atoms with Gasteiger partial charge < -0.3 is 0 Å². The van der Waals surface area contributed by atoms with Crippen LogP contribution in [0.5, 0.6) is 0 Å². The third kappa shape index (κ3) is 3.87. The Balaban J connectivity index is 1.66. The van der Waals surface area contributed by atoms with Crippen molar-refractivity contribution in [1.29, 1.82) is 0 Å². The minimum Gasteiger partial charge on any atom is -0.271 e. The molecule has 116 valence electrons. The highest BCUT2D eigenvalue weighted by Crippen LogP contribution is 2.38. The molecule has 1 atom stereocenters. The van der Waals surface area contributed by atoms with E-state index in [1.165, 1.54) is 75.3 Å². The molecule has 2 heteroatoms. The van der Waals surface area contributed by atoms with Crippen LogP contribution in [-0.2, 0) is 0 Å². The fourth-order valence-electron chi connectivity index (χ4n) is 4.00. The van der Waals surface area contributed by atoms with Gasteiger partial charge in [0.05, 0.1) is 0 Å². The first-order valence-corrected chi connectivity index (χ1v) is 8.93. The second-order valence-corrected chi connectivity index (χ2v) is 7.11. The summed E-state index contributed by atoms with van der Waals surface area (Å²) >= 11 is 0. The molecule has 2 nitrogen and oxygen atoms in total. The summed E-state index contributed by atoms with van der Waals surface area (Å²) in [7, 11) is 0. The Morgan fingerprint density at radius 2 is 1.76 bits per heavy atom. The SMILES string of the molecule is NNC(CC1CCCCCC1)c1cccc(C2CCC2)c1. The number of hydrogen-bond donors (Lipinski definition) is 2. The summed E-state index contributed by atoms with van der Waals surface area (Å²) in [6.45, 7) is 0. The lowest BCUT2D eigenvalue weighted by atomic mass is 9.79. The summed E-state index contributed by atoms with van der Waals surface area (Å²) in [4.78, 5) is 0. The minimum absolute atomic E-state index is 0.327. The number of nitrogens with two attached hydrogens (primary N) is 1. The predicted molar refractivity (Wildman–Crippen MR) is 88.9 cm³/mol.